The minimum Gasteiger partial charge on any atom is -0.447 e. The molecule has 0 aliphatic rings. The van der Waals surface area contributed by atoms with Crippen LogP contribution in [0, 0.1) is 11.3 Å². The van der Waals surface area contributed by atoms with E-state index in [0.717, 1.165) is 6.42 Å². The molecule has 0 spiro atoms. The number of esters is 1. The second-order valence-corrected chi connectivity index (χ2v) is 3.72. The summed E-state index contributed by atoms with van der Waals surface area (Å²) in [5, 5.41) is 11.3. The molecule has 17 heavy (non-hydrogen) atoms. The maximum atomic E-state index is 11.3. The zero-order valence-corrected chi connectivity index (χ0v) is 10.5. The van der Waals surface area contributed by atoms with Crippen LogP contribution in [0.15, 0.2) is 0 Å². The third kappa shape index (κ3) is 8.26. The topological polar surface area (TPSA) is 79.2 Å². The summed E-state index contributed by atoms with van der Waals surface area (Å²) in [7, 11) is 0. The minimum atomic E-state index is -0.670. The van der Waals surface area contributed by atoms with E-state index >= 15 is 0 Å². The molecule has 5 nitrogen and oxygen atoms in total. The number of carbonyl (C=O) groups excluding carboxylic acids is 2. The van der Waals surface area contributed by atoms with Crippen LogP contribution in [-0.4, -0.2) is 24.5 Å². The van der Waals surface area contributed by atoms with Crippen molar-refractivity contribution < 1.29 is 14.3 Å². The standard InChI is InChI=1S/C12H20N2O3/c1-3-8-14-11(15)6-5-7-12(16)17-10(4-2)9-13/h10H,3-8H2,1-2H3,(H,14,15)/t10-/m1/s1. The van der Waals surface area contributed by atoms with Crippen molar-refractivity contribution in [3.8, 4) is 6.07 Å². The first kappa shape index (κ1) is 15.4. The monoisotopic (exact) mass is 240 g/mol. The van der Waals surface area contributed by atoms with Gasteiger partial charge in [0.05, 0.1) is 0 Å². The smallest absolute Gasteiger partial charge is 0.307 e. The first-order chi connectivity index (χ1) is 8.13. The molecule has 96 valence electrons. The van der Waals surface area contributed by atoms with Crippen LogP contribution in [0.5, 0.6) is 0 Å². The molecule has 0 saturated carbocycles. The Balaban J connectivity index is 3.64. The lowest BCUT2D eigenvalue weighted by Gasteiger charge is -2.08. The number of hydrogen-bond acceptors (Lipinski definition) is 4. The quantitative estimate of drug-likeness (QED) is 0.652. The van der Waals surface area contributed by atoms with Crippen molar-refractivity contribution in [2.45, 2.75) is 52.1 Å². The molecule has 0 bridgehead atoms. The molecule has 0 aromatic carbocycles. The van der Waals surface area contributed by atoms with E-state index in [1.54, 1.807) is 6.92 Å². The van der Waals surface area contributed by atoms with Gasteiger partial charge in [0.1, 0.15) is 6.07 Å². The fraction of sp³-hybridized carbons (Fsp3) is 0.750. The summed E-state index contributed by atoms with van der Waals surface area (Å²) in [5.74, 6) is -0.464. The van der Waals surface area contributed by atoms with Crippen LogP contribution in [0.1, 0.15) is 46.0 Å². The number of carbonyl (C=O) groups is 2. The maximum absolute atomic E-state index is 11.3. The van der Waals surface area contributed by atoms with Gasteiger partial charge in [-0.2, -0.15) is 5.26 Å². The second kappa shape index (κ2) is 9.64. The second-order valence-electron chi connectivity index (χ2n) is 3.72. The molecule has 1 atom stereocenters. The lowest BCUT2D eigenvalue weighted by Crippen LogP contribution is -2.24. The lowest BCUT2D eigenvalue weighted by molar-refractivity contribution is -0.146. The summed E-state index contributed by atoms with van der Waals surface area (Å²) in [6.45, 7) is 4.42. The number of nitrogens with one attached hydrogen (secondary N) is 1. The van der Waals surface area contributed by atoms with Crippen LogP contribution in [0.2, 0.25) is 0 Å². The van der Waals surface area contributed by atoms with Crippen molar-refractivity contribution in [1.29, 1.82) is 5.26 Å². The molecule has 0 aliphatic carbocycles. The third-order valence-corrected chi connectivity index (χ3v) is 2.15. The van der Waals surface area contributed by atoms with Gasteiger partial charge in [-0.15, -0.1) is 0 Å². The van der Waals surface area contributed by atoms with E-state index in [2.05, 4.69) is 5.32 Å². The molecule has 0 heterocycles. The molecule has 0 saturated heterocycles. The summed E-state index contributed by atoms with van der Waals surface area (Å²) < 4.78 is 4.88. The molecule has 0 aromatic rings. The Morgan fingerprint density at radius 3 is 2.59 bits per heavy atom. The first-order valence-corrected chi connectivity index (χ1v) is 5.99. The molecule has 1 amide bonds. The van der Waals surface area contributed by atoms with Crippen LogP contribution < -0.4 is 5.32 Å². The summed E-state index contributed by atoms with van der Waals surface area (Å²) in [4.78, 5) is 22.5. The van der Waals surface area contributed by atoms with Crippen LogP contribution >= 0.6 is 0 Å². The SMILES string of the molecule is CCCNC(=O)CCCC(=O)O[C@@H](C#N)CC. The Hall–Kier alpha value is -1.57. The minimum absolute atomic E-state index is 0.0491. The number of rotatable bonds is 8. The van der Waals surface area contributed by atoms with Crippen molar-refractivity contribution in [3.63, 3.8) is 0 Å². The molecule has 0 aromatic heterocycles. The fourth-order valence-corrected chi connectivity index (χ4v) is 1.16. The molecule has 0 aliphatic heterocycles. The van der Waals surface area contributed by atoms with Crippen molar-refractivity contribution >= 4 is 11.9 Å². The highest BCUT2D eigenvalue weighted by Crippen LogP contribution is 2.02. The summed E-state index contributed by atoms with van der Waals surface area (Å²) in [6.07, 6.45) is 1.66. The van der Waals surface area contributed by atoms with Crippen LogP contribution in [0.25, 0.3) is 0 Å². The van der Waals surface area contributed by atoms with Crippen LogP contribution in [-0.2, 0) is 14.3 Å². The average molecular weight is 240 g/mol. The van der Waals surface area contributed by atoms with Gasteiger partial charge in [0.2, 0.25) is 5.91 Å². The number of ether oxygens (including phenoxy) is 1. The zero-order chi connectivity index (χ0) is 13.1. The van der Waals surface area contributed by atoms with Crippen molar-refractivity contribution in [3.05, 3.63) is 0 Å². The predicted octanol–water partition coefficient (Wildman–Crippen LogP) is 1.53. The highest BCUT2D eigenvalue weighted by atomic mass is 16.5. The molecule has 0 rings (SSSR count). The molecule has 1 N–H and O–H groups in total. The van der Waals surface area contributed by atoms with Gasteiger partial charge in [-0.3, -0.25) is 9.59 Å². The van der Waals surface area contributed by atoms with Gasteiger partial charge in [-0.1, -0.05) is 13.8 Å². The van der Waals surface area contributed by atoms with Gasteiger partial charge >= 0.3 is 5.97 Å². The number of nitriles is 1. The van der Waals surface area contributed by atoms with E-state index in [9.17, 15) is 9.59 Å². The van der Waals surface area contributed by atoms with Gasteiger partial charge < -0.3 is 10.1 Å². The largest absolute Gasteiger partial charge is 0.447 e. The molecule has 0 fully saturated rings. The number of hydrogen-bond donors (Lipinski definition) is 1. The van der Waals surface area contributed by atoms with Crippen molar-refractivity contribution in [2.24, 2.45) is 0 Å². The summed E-state index contributed by atoms with van der Waals surface area (Å²) in [6, 6.07) is 1.89. The number of nitrogens with zero attached hydrogens (tertiary/aromatic N) is 1. The van der Waals surface area contributed by atoms with E-state index in [-0.39, 0.29) is 12.3 Å². The Morgan fingerprint density at radius 1 is 1.35 bits per heavy atom. The van der Waals surface area contributed by atoms with Crippen molar-refractivity contribution in [2.75, 3.05) is 6.54 Å². The maximum Gasteiger partial charge on any atom is 0.307 e. The van der Waals surface area contributed by atoms with Gasteiger partial charge in [-0.05, 0) is 19.3 Å². The van der Waals surface area contributed by atoms with Crippen LogP contribution in [0.3, 0.4) is 0 Å². The van der Waals surface area contributed by atoms with E-state index < -0.39 is 12.1 Å². The summed E-state index contributed by atoms with van der Waals surface area (Å²) in [5.41, 5.74) is 0. The van der Waals surface area contributed by atoms with Gasteiger partial charge in [-0.25, -0.2) is 0 Å². The highest BCUT2D eigenvalue weighted by Gasteiger charge is 2.11. The molecular formula is C12H20N2O3. The Kier molecular flexibility index (Phi) is 8.75. The van der Waals surface area contributed by atoms with Crippen LogP contribution in [0.4, 0.5) is 0 Å². The fourth-order valence-electron chi connectivity index (χ4n) is 1.16. The third-order valence-electron chi connectivity index (χ3n) is 2.15. The molecule has 0 radical (unpaired) electrons. The average Bonchev–Trinajstić information content (AvgIpc) is 2.33. The first-order valence-electron chi connectivity index (χ1n) is 5.99. The Morgan fingerprint density at radius 2 is 2.06 bits per heavy atom. The number of amides is 1. The molecular weight excluding hydrogens is 220 g/mol. The van der Waals surface area contributed by atoms with E-state index in [1.807, 2.05) is 13.0 Å². The lowest BCUT2D eigenvalue weighted by atomic mass is 10.2. The Bertz CT molecular complexity index is 284. The van der Waals surface area contributed by atoms with Gasteiger partial charge in [0, 0.05) is 19.4 Å². The Labute approximate surface area is 102 Å². The summed E-state index contributed by atoms with van der Waals surface area (Å²) >= 11 is 0. The van der Waals surface area contributed by atoms with E-state index in [0.29, 0.717) is 25.8 Å². The zero-order valence-electron chi connectivity index (χ0n) is 10.5. The normalized spacial score (nSPS) is 11.4. The van der Waals surface area contributed by atoms with Gasteiger partial charge in [0.15, 0.2) is 6.10 Å². The van der Waals surface area contributed by atoms with Crippen molar-refractivity contribution in [1.82, 2.24) is 5.32 Å². The molecule has 5 heteroatoms. The van der Waals surface area contributed by atoms with E-state index in [1.165, 1.54) is 0 Å². The van der Waals surface area contributed by atoms with E-state index in [4.69, 9.17) is 10.00 Å². The predicted molar refractivity (Wildman–Crippen MR) is 62.9 cm³/mol. The highest BCUT2D eigenvalue weighted by molar-refractivity contribution is 5.77. The van der Waals surface area contributed by atoms with Gasteiger partial charge in [0.25, 0.3) is 0 Å². The molecule has 0 unspecified atom stereocenters.